The third-order valence-corrected chi connectivity index (χ3v) is 50.1. The molecule has 10 heteroatoms. The Morgan fingerprint density at radius 1 is 1.12 bits per heavy atom. The maximum atomic E-state index is 3.11. The van der Waals surface area contributed by atoms with Crippen LogP contribution in [0.3, 0.4) is 0 Å². The Kier molecular flexibility index (Phi) is 25.7. The Morgan fingerprint density at radius 2 is 1.65 bits per heavy atom. The average Bonchev–Trinajstić information content (AvgIpc) is 2.16. The van der Waals surface area contributed by atoms with Gasteiger partial charge in [-0.3, -0.25) is 0 Å². The molecule has 0 aromatic carbocycles. The second-order valence-electron chi connectivity index (χ2n) is 2.93. The molecule has 0 saturated carbocycles. The molecule has 0 radical (unpaired) electrons. The van der Waals surface area contributed by atoms with Crippen LogP contribution in [0.4, 0.5) is 0 Å². The molecule has 17 heavy (non-hydrogen) atoms. The van der Waals surface area contributed by atoms with Gasteiger partial charge in [-0.2, -0.15) is 0 Å². The summed E-state index contributed by atoms with van der Waals surface area (Å²) in [6.45, 7) is 5.29. The highest BCUT2D eigenvalue weighted by molar-refractivity contribution is 9.06. The van der Waals surface area contributed by atoms with Gasteiger partial charge in [0.05, 0.1) is 0 Å². The summed E-state index contributed by atoms with van der Waals surface area (Å²) in [5, 5.41) is 0. The smallest absolute Gasteiger partial charge is 0.0215 e. The van der Waals surface area contributed by atoms with Crippen LogP contribution in [-0.4, -0.2) is 25.7 Å². The number of hydrogen-bond acceptors (Lipinski definition) is 0. The highest BCUT2D eigenvalue weighted by Gasteiger charge is 2.24. The number of rotatable bonds is 8. The van der Waals surface area contributed by atoms with E-state index in [0.717, 1.165) is 16.5 Å². The molecule has 0 aromatic rings. The van der Waals surface area contributed by atoms with Crippen LogP contribution < -0.4 is 0 Å². The minimum Gasteiger partial charge on any atom is -0.125 e. The zero-order valence-electron chi connectivity index (χ0n) is 9.22. The van der Waals surface area contributed by atoms with Crippen LogP contribution in [0.15, 0.2) is 0 Å². The van der Waals surface area contributed by atoms with E-state index >= 15 is 0 Å². The zero-order chi connectivity index (χ0) is 11.8. The van der Waals surface area contributed by atoms with Crippen LogP contribution in [0.5, 0.6) is 0 Å². The monoisotopic (exact) mass is 424 g/mol. The lowest BCUT2D eigenvalue weighted by Gasteiger charge is -2.32. The van der Waals surface area contributed by atoms with Gasteiger partial charge < -0.3 is 0 Å². The molecule has 0 bridgehead atoms. The van der Waals surface area contributed by atoms with Crippen molar-refractivity contribution in [3.63, 3.8) is 0 Å². The quantitative estimate of drug-likeness (QED) is 0.274. The lowest BCUT2D eigenvalue weighted by atomic mass is 10.6. The molecule has 0 heterocycles. The molecular weight excluding hydrogens is 394 g/mol. The molecule has 9 unspecified atom stereocenters. The van der Waals surface area contributed by atoms with Crippen molar-refractivity contribution < 1.29 is 0 Å². The van der Waals surface area contributed by atoms with E-state index in [0.29, 0.717) is 14.3 Å². The summed E-state index contributed by atoms with van der Waals surface area (Å²) in [6, 6.07) is 0. The molecule has 0 aliphatic carbocycles. The third-order valence-electron chi connectivity index (χ3n) is 1.68. The lowest BCUT2D eigenvalue weighted by Crippen LogP contribution is -1.81. The van der Waals surface area contributed by atoms with Crippen molar-refractivity contribution in [3.05, 3.63) is 0 Å². The van der Waals surface area contributed by atoms with Crippen LogP contribution in [-0.2, 0) is 0 Å². The second-order valence-corrected chi connectivity index (χ2v) is 36.6. The van der Waals surface area contributed by atoms with E-state index in [1.54, 1.807) is 0 Å². The number of hydrogen-bond donors (Lipinski definition) is 0. The molecule has 9 atom stereocenters. The van der Waals surface area contributed by atoms with Gasteiger partial charge in [-0.25, -0.2) is 0 Å². The van der Waals surface area contributed by atoms with Gasteiger partial charge in [-0.05, 0) is 53.3 Å². The summed E-state index contributed by atoms with van der Waals surface area (Å²) in [4.78, 5) is 0. The minimum absolute atomic E-state index is 0. The van der Waals surface area contributed by atoms with Crippen LogP contribution >= 0.6 is 80.8 Å². The van der Waals surface area contributed by atoms with Crippen molar-refractivity contribution in [2.24, 2.45) is 0 Å². The fourth-order valence-corrected chi connectivity index (χ4v) is 67.8. The molecule has 0 aromatic heterocycles. The van der Waals surface area contributed by atoms with E-state index in [4.69, 9.17) is 0 Å². The van der Waals surface area contributed by atoms with E-state index in [9.17, 15) is 0 Å². The van der Waals surface area contributed by atoms with Gasteiger partial charge in [-0.1, -0.05) is 30.1 Å². The largest absolute Gasteiger partial charge is 0.125 e. The maximum Gasteiger partial charge on any atom is -0.0215 e. The van der Waals surface area contributed by atoms with Gasteiger partial charge in [0.25, 0.3) is 0 Å². The van der Waals surface area contributed by atoms with Gasteiger partial charge in [0.2, 0.25) is 0 Å². The SMILES string of the molecule is C.C.CPCCCP(P(P)P)P(PP)P(C)P. The zero-order valence-corrected chi connectivity index (χ0v) is 19.4. The molecule has 0 nitrogen and oxygen atoms in total. The Hall–Kier alpha value is 4.30. The standard InChI is InChI=1S/C5H22P10.2CH4/c1-10-4-3-5-13(14(8)9)15(11-6)12(2)7;;/h10-11H,3-9H2,1-2H3;2*1H4. The molecule has 0 amide bonds. The van der Waals surface area contributed by atoms with Crippen molar-refractivity contribution in [2.75, 3.05) is 25.7 Å². The Bertz CT molecular complexity index is 152. The summed E-state index contributed by atoms with van der Waals surface area (Å²) >= 11 is 0. The van der Waals surface area contributed by atoms with E-state index in [1.165, 1.54) is 18.7 Å². The van der Waals surface area contributed by atoms with Gasteiger partial charge in [0.1, 0.15) is 0 Å². The van der Waals surface area contributed by atoms with Crippen LogP contribution in [0.2, 0.25) is 0 Å². The van der Waals surface area contributed by atoms with Crippen LogP contribution in [0, 0.1) is 0 Å². The second kappa shape index (κ2) is 16.7. The summed E-state index contributed by atoms with van der Waals surface area (Å²) in [5.41, 5.74) is 0. The van der Waals surface area contributed by atoms with Crippen LogP contribution in [0.25, 0.3) is 0 Å². The van der Waals surface area contributed by atoms with E-state index in [1.807, 2.05) is 0 Å². The van der Waals surface area contributed by atoms with Crippen molar-refractivity contribution in [2.45, 2.75) is 21.3 Å². The summed E-state index contributed by atoms with van der Waals surface area (Å²) < 4.78 is 0. The van der Waals surface area contributed by atoms with E-state index in [2.05, 4.69) is 49.0 Å². The molecule has 108 valence electrons. The summed E-state index contributed by atoms with van der Waals surface area (Å²) in [5.74, 6) is 0. The highest BCUT2D eigenvalue weighted by atomic mass is 33.1. The van der Waals surface area contributed by atoms with Crippen molar-refractivity contribution in [1.82, 2.24) is 0 Å². The first-order valence-corrected chi connectivity index (χ1v) is 22.8. The van der Waals surface area contributed by atoms with Gasteiger partial charge >= 0.3 is 0 Å². The fourth-order valence-electron chi connectivity index (χ4n) is 1.03. The Morgan fingerprint density at radius 3 is 1.94 bits per heavy atom. The molecule has 0 N–H and O–H groups in total. The predicted octanol–water partition coefficient (Wildman–Crippen LogP) is 8.01. The topological polar surface area (TPSA) is 0 Å². The summed E-state index contributed by atoms with van der Waals surface area (Å²) in [7, 11) is 15.2. The average molecular weight is 424 g/mol. The molecule has 0 aliphatic heterocycles. The van der Waals surface area contributed by atoms with E-state index < -0.39 is 0 Å². The molecule has 0 saturated heterocycles. The molecule has 0 aliphatic rings. The Labute approximate surface area is 127 Å². The van der Waals surface area contributed by atoms with Crippen molar-refractivity contribution >= 4 is 80.8 Å². The highest BCUT2D eigenvalue weighted by Crippen LogP contribution is 3.07. The van der Waals surface area contributed by atoms with Gasteiger partial charge in [0.15, 0.2) is 0 Å². The van der Waals surface area contributed by atoms with Crippen molar-refractivity contribution in [1.29, 1.82) is 0 Å². The molecule has 0 fully saturated rings. The van der Waals surface area contributed by atoms with Gasteiger partial charge in [-0.15, -0.1) is 44.3 Å². The first kappa shape index (κ1) is 26.2. The molecule has 0 spiro atoms. The normalized spacial score (nSPS) is 17.1. The molecule has 0 rings (SSSR count). The fraction of sp³-hybridized carbons (Fsp3) is 1.00. The lowest BCUT2D eigenvalue weighted by molar-refractivity contribution is 1.12. The Balaban J connectivity index is -0.000000980. The third kappa shape index (κ3) is 12.5. The van der Waals surface area contributed by atoms with Gasteiger partial charge in [0, 0.05) is 0 Å². The van der Waals surface area contributed by atoms with Crippen LogP contribution in [0.1, 0.15) is 21.3 Å². The van der Waals surface area contributed by atoms with E-state index in [-0.39, 0.29) is 29.1 Å². The minimum atomic E-state index is 0. The summed E-state index contributed by atoms with van der Waals surface area (Å²) in [6.07, 6.45) is 4.46. The maximum absolute atomic E-state index is 3.11. The first-order valence-electron chi connectivity index (χ1n) is 4.50. The van der Waals surface area contributed by atoms with Crippen molar-refractivity contribution in [3.8, 4) is 0 Å². The first-order chi connectivity index (χ1) is 7.04. The molecular formula is C7H30P10. The predicted molar refractivity (Wildman–Crippen MR) is 123 cm³/mol.